The van der Waals surface area contributed by atoms with Crippen LogP contribution < -0.4 is 14.8 Å². The van der Waals surface area contributed by atoms with Gasteiger partial charge < -0.3 is 24.6 Å². The molecule has 0 spiro atoms. The molecule has 0 aliphatic heterocycles. The van der Waals surface area contributed by atoms with Gasteiger partial charge in [0.1, 0.15) is 6.54 Å². The summed E-state index contributed by atoms with van der Waals surface area (Å²) in [4.78, 5) is 30.9. The zero-order valence-corrected chi connectivity index (χ0v) is 22.1. The molecule has 7 nitrogen and oxygen atoms in total. The van der Waals surface area contributed by atoms with Crippen LogP contribution in [0.15, 0.2) is 66.0 Å². The number of benzene rings is 2. The first-order valence-corrected chi connectivity index (χ1v) is 13.0. The van der Waals surface area contributed by atoms with Crippen LogP contribution in [0.4, 0.5) is 4.79 Å². The van der Waals surface area contributed by atoms with Crippen molar-refractivity contribution in [2.45, 2.75) is 32.9 Å². The van der Waals surface area contributed by atoms with Gasteiger partial charge in [-0.3, -0.25) is 4.79 Å². The average Bonchev–Trinajstić information content (AvgIpc) is 3.43. The van der Waals surface area contributed by atoms with Crippen LogP contribution in [0.5, 0.6) is 11.5 Å². The molecule has 2 aromatic carbocycles. The molecule has 36 heavy (non-hydrogen) atoms. The number of ether oxygens (including phenoxy) is 2. The first-order valence-electron chi connectivity index (χ1n) is 12.1. The Balaban J connectivity index is 1.67. The number of amides is 3. The van der Waals surface area contributed by atoms with Gasteiger partial charge >= 0.3 is 6.03 Å². The van der Waals surface area contributed by atoms with Gasteiger partial charge in [0.05, 0.1) is 20.8 Å². The second-order valence-corrected chi connectivity index (χ2v) is 9.43. The minimum atomic E-state index is -0.231. The molecule has 0 bridgehead atoms. The van der Waals surface area contributed by atoms with E-state index in [0.29, 0.717) is 44.1 Å². The standard InChI is InChI=1S/C28H35N3O4S/c1-4-15-31(28(33)29-19-23-9-6-5-7-10-23)21-27(32)30(20-24-11-8-17-36-24)16-14-22-12-13-25(34-2)26(18-22)35-3/h5-13,17-18H,4,14-16,19-21H2,1-3H3,(H,29,33). The van der Waals surface area contributed by atoms with Crippen molar-refractivity contribution in [3.05, 3.63) is 82.0 Å². The number of nitrogens with zero attached hydrogens (tertiary/aromatic N) is 2. The smallest absolute Gasteiger partial charge is 0.318 e. The Labute approximate surface area is 217 Å². The molecule has 0 unspecified atom stereocenters. The van der Waals surface area contributed by atoms with Crippen molar-refractivity contribution in [2.75, 3.05) is 33.9 Å². The number of thiophene rings is 1. The molecule has 3 rings (SSSR count). The normalized spacial score (nSPS) is 10.5. The Bertz CT molecular complexity index is 1090. The molecule has 1 N–H and O–H groups in total. The van der Waals surface area contributed by atoms with E-state index in [4.69, 9.17) is 9.47 Å². The highest BCUT2D eigenvalue weighted by Gasteiger charge is 2.21. The molecular weight excluding hydrogens is 474 g/mol. The molecule has 0 atom stereocenters. The van der Waals surface area contributed by atoms with Crippen LogP contribution in [0.2, 0.25) is 0 Å². The fourth-order valence-electron chi connectivity index (χ4n) is 3.85. The predicted molar refractivity (Wildman–Crippen MR) is 144 cm³/mol. The maximum Gasteiger partial charge on any atom is 0.318 e. The van der Waals surface area contributed by atoms with Crippen molar-refractivity contribution in [3.63, 3.8) is 0 Å². The van der Waals surface area contributed by atoms with Crippen molar-refractivity contribution in [3.8, 4) is 11.5 Å². The number of rotatable bonds is 13. The van der Waals surface area contributed by atoms with Crippen molar-refractivity contribution >= 4 is 23.3 Å². The number of carbonyl (C=O) groups is 2. The van der Waals surface area contributed by atoms with Gasteiger partial charge in [-0.1, -0.05) is 49.4 Å². The number of hydrogen-bond acceptors (Lipinski definition) is 5. The summed E-state index contributed by atoms with van der Waals surface area (Å²) < 4.78 is 10.8. The van der Waals surface area contributed by atoms with E-state index < -0.39 is 0 Å². The molecule has 1 aromatic heterocycles. The van der Waals surface area contributed by atoms with Crippen LogP contribution in [0.1, 0.15) is 29.3 Å². The fraction of sp³-hybridized carbons (Fsp3) is 0.357. The van der Waals surface area contributed by atoms with Gasteiger partial charge in [-0.15, -0.1) is 11.3 Å². The number of nitrogens with one attached hydrogen (secondary N) is 1. The lowest BCUT2D eigenvalue weighted by molar-refractivity contribution is -0.132. The fourth-order valence-corrected chi connectivity index (χ4v) is 4.57. The van der Waals surface area contributed by atoms with Crippen molar-refractivity contribution in [1.82, 2.24) is 15.1 Å². The van der Waals surface area contributed by atoms with Crippen LogP contribution in [0.25, 0.3) is 0 Å². The lowest BCUT2D eigenvalue weighted by Gasteiger charge is -2.27. The number of carbonyl (C=O) groups excluding carboxylic acids is 2. The summed E-state index contributed by atoms with van der Waals surface area (Å²) in [6, 6.07) is 19.3. The van der Waals surface area contributed by atoms with Gasteiger partial charge in [-0.2, -0.15) is 0 Å². The third-order valence-corrected chi connectivity index (χ3v) is 6.65. The largest absolute Gasteiger partial charge is 0.493 e. The first-order chi connectivity index (χ1) is 17.5. The summed E-state index contributed by atoms with van der Waals surface area (Å²) in [5, 5.41) is 4.95. The lowest BCUT2D eigenvalue weighted by Crippen LogP contribution is -2.47. The minimum Gasteiger partial charge on any atom is -0.493 e. The zero-order valence-electron chi connectivity index (χ0n) is 21.2. The van der Waals surface area contributed by atoms with E-state index >= 15 is 0 Å². The van der Waals surface area contributed by atoms with E-state index in [1.165, 1.54) is 0 Å². The monoisotopic (exact) mass is 509 g/mol. The maximum absolute atomic E-state index is 13.4. The number of urea groups is 1. The van der Waals surface area contributed by atoms with Crippen LogP contribution in [-0.2, 0) is 24.3 Å². The summed E-state index contributed by atoms with van der Waals surface area (Å²) in [6.45, 7) is 4.00. The van der Waals surface area contributed by atoms with Gasteiger partial charge in [0.25, 0.3) is 0 Å². The van der Waals surface area contributed by atoms with Gasteiger partial charge in [0, 0.05) is 24.5 Å². The Morgan fingerprint density at radius 2 is 1.67 bits per heavy atom. The summed E-state index contributed by atoms with van der Waals surface area (Å²) in [5.74, 6) is 1.26. The molecule has 0 aliphatic carbocycles. The van der Waals surface area contributed by atoms with E-state index in [1.54, 1.807) is 30.5 Å². The second kappa shape index (κ2) is 14.1. The van der Waals surface area contributed by atoms with E-state index in [1.807, 2.05) is 77.9 Å². The SMILES string of the molecule is CCCN(CC(=O)N(CCc1ccc(OC)c(OC)c1)Cc1cccs1)C(=O)NCc1ccccc1. The Morgan fingerprint density at radius 1 is 0.889 bits per heavy atom. The highest BCUT2D eigenvalue weighted by Crippen LogP contribution is 2.28. The maximum atomic E-state index is 13.4. The van der Waals surface area contributed by atoms with Crippen LogP contribution in [-0.4, -0.2) is 55.6 Å². The third-order valence-electron chi connectivity index (χ3n) is 5.79. The Kier molecular flexibility index (Phi) is 10.6. The molecule has 3 amide bonds. The predicted octanol–water partition coefficient (Wildman–Crippen LogP) is 4.96. The summed E-state index contributed by atoms with van der Waals surface area (Å²) in [7, 11) is 3.22. The van der Waals surface area contributed by atoms with E-state index in [9.17, 15) is 9.59 Å². The van der Waals surface area contributed by atoms with Crippen LogP contribution >= 0.6 is 11.3 Å². The van der Waals surface area contributed by atoms with Gasteiger partial charge in [0.2, 0.25) is 5.91 Å². The summed E-state index contributed by atoms with van der Waals surface area (Å²) >= 11 is 1.62. The molecule has 3 aromatic rings. The summed E-state index contributed by atoms with van der Waals surface area (Å²) in [5.41, 5.74) is 2.06. The molecule has 0 fully saturated rings. The minimum absolute atomic E-state index is 0.0335. The zero-order chi connectivity index (χ0) is 25.8. The average molecular weight is 510 g/mol. The van der Waals surface area contributed by atoms with E-state index in [0.717, 1.165) is 22.4 Å². The van der Waals surface area contributed by atoms with E-state index in [2.05, 4.69) is 5.32 Å². The molecule has 0 aliphatic rings. The molecule has 0 saturated carbocycles. The van der Waals surface area contributed by atoms with Crippen molar-refractivity contribution < 1.29 is 19.1 Å². The van der Waals surface area contributed by atoms with Crippen LogP contribution in [0, 0.1) is 0 Å². The molecule has 8 heteroatoms. The van der Waals surface area contributed by atoms with Crippen molar-refractivity contribution in [2.24, 2.45) is 0 Å². The van der Waals surface area contributed by atoms with Gasteiger partial charge in [-0.25, -0.2) is 4.79 Å². The lowest BCUT2D eigenvalue weighted by atomic mass is 10.1. The third kappa shape index (κ3) is 8.02. The summed E-state index contributed by atoms with van der Waals surface area (Å²) in [6.07, 6.45) is 1.42. The van der Waals surface area contributed by atoms with Gasteiger partial charge in [0.15, 0.2) is 11.5 Å². The quantitative estimate of drug-likeness (QED) is 0.354. The molecule has 192 valence electrons. The van der Waals surface area contributed by atoms with E-state index in [-0.39, 0.29) is 18.5 Å². The molecule has 0 radical (unpaired) electrons. The van der Waals surface area contributed by atoms with Crippen molar-refractivity contribution in [1.29, 1.82) is 0 Å². The van der Waals surface area contributed by atoms with Gasteiger partial charge in [-0.05, 0) is 47.5 Å². The topological polar surface area (TPSA) is 71.1 Å². The number of hydrogen-bond donors (Lipinski definition) is 1. The molecular formula is C28H35N3O4S. The highest BCUT2D eigenvalue weighted by atomic mass is 32.1. The Morgan fingerprint density at radius 3 is 2.33 bits per heavy atom. The first kappa shape index (κ1) is 27.1. The highest BCUT2D eigenvalue weighted by molar-refractivity contribution is 7.09. The van der Waals surface area contributed by atoms with Crippen LogP contribution in [0.3, 0.4) is 0 Å². The number of methoxy groups -OCH3 is 2. The second-order valence-electron chi connectivity index (χ2n) is 8.40. The Hall–Kier alpha value is -3.52. The molecule has 1 heterocycles. The molecule has 0 saturated heterocycles.